The molecule has 0 bridgehead atoms. The van der Waals surface area contributed by atoms with Crippen LogP contribution in [0.3, 0.4) is 0 Å². The van der Waals surface area contributed by atoms with Gasteiger partial charge in [0, 0.05) is 11.9 Å². The second kappa shape index (κ2) is 5.86. The van der Waals surface area contributed by atoms with Crippen LogP contribution >= 0.6 is 0 Å². The number of H-pyrrole nitrogens is 1. The number of anilines is 1. The highest BCUT2D eigenvalue weighted by molar-refractivity contribution is 5.93. The van der Waals surface area contributed by atoms with E-state index in [2.05, 4.69) is 15.3 Å². The highest BCUT2D eigenvalue weighted by Gasteiger charge is 2.08. The van der Waals surface area contributed by atoms with E-state index in [9.17, 15) is 4.79 Å². The first-order valence-corrected chi connectivity index (χ1v) is 5.78. The Morgan fingerprint density at radius 1 is 1.44 bits per heavy atom. The summed E-state index contributed by atoms with van der Waals surface area (Å²) in [4.78, 5) is 18.6. The summed E-state index contributed by atoms with van der Waals surface area (Å²) in [6.07, 6.45) is 3.45. The third-order valence-electron chi connectivity index (χ3n) is 2.37. The number of aromatic nitrogens is 2. The number of para-hydroxylation sites is 2. The van der Waals surface area contributed by atoms with E-state index >= 15 is 0 Å². The molecule has 2 N–H and O–H groups in total. The van der Waals surface area contributed by atoms with E-state index in [-0.39, 0.29) is 12.3 Å². The van der Waals surface area contributed by atoms with E-state index in [1.54, 1.807) is 12.5 Å². The Hall–Kier alpha value is -2.30. The average molecular weight is 245 g/mol. The van der Waals surface area contributed by atoms with E-state index in [1.807, 2.05) is 31.2 Å². The average Bonchev–Trinajstić information content (AvgIpc) is 2.84. The zero-order valence-electron chi connectivity index (χ0n) is 10.1. The van der Waals surface area contributed by atoms with Crippen LogP contribution in [0.1, 0.15) is 12.6 Å². The fourth-order valence-corrected chi connectivity index (χ4v) is 1.60. The minimum absolute atomic E-state index is 0.105. The third kappa shape index (κ3) is 3.10. The van der Waals surface area contributed by atoms with Crippen molar-refractivity contribution in [2.24, 2.45) is 0 Å². The zero-order chi connectivity index (χ0) is 12.8. The molecule has 1 heterocycles. The van der Waals surface area contributed by atoms with E-state index in [4.69, 9.17) is 4.74 Å². The molecule has 1 aromatic heterocycles. The smallest absolute Gasteiger partial charge is 0.230 e. The van der Waals surface area contributed by atoms with Gasteiger partial charge in [0.2, 0.25) is 5.91 Å². The van der Waals surface area contributed by atoms with Crippen LogP contribution in [0.15, 0.2) is 36.8 Å². The predicted octanol–water partition coefficient (Wildman–Crippen LogP) is 1.99. The summed E-state index contributed by atoms with van der Waals surface area (Å²) in [5, 5.41) is 2.82. The predicted molar refractivity (Wildman–Crippen MR) is 68.5 cm³/mol. The zero-order valence-corrected chi connectivity index (χ0v) is 10.1. The van der Waals surface area contributed by atoms with Crippen molar-refractivity contribution in [2.75, 3.05) is 11.9 Å². The molecular formula is C13H15N3O2. The lowest BCUT2D eigenvalue weighted by Crippen LogP contribution is -2.15. The Labute approximate surface area is 105 Å². The Morgan fingerprint density at radius 2 is 2.28 bits per heavy atom. The van der Waals surface area contributed by atoms with Crippen LogP contribution in [0.4, 0.5) is 5.69 Å². The van der Waals surface area contributed by atoms with Crippen molar-refractivity contribution in [1.82, 2.24) is 9.97 Å². The lowest BCUT2D eigenvalue weighted by molar-refractivity contribution is -0.115. The molecule has 0 saturated heterocycles. The highest BCUT2D eigenvalue weighted by atomic mass is 16.5. The minimum atomic E-state index is -0.105. The Morgan fingerprint density at radius 3 is 3.00 bits per heavy atom. The second-order valence-corrected chi connectivity index (χ2v) is 3.73. The summed E-state index contributed by atoms with van der Waals surface area (Å²) in [6.45, 7) is 2.47. The number of rotatable bonds is 5. The van der Waals surface area contributed by atoms with Gasteiger partial charge in [-0.15, -0.1) is 0 Å². The Balaban J connectivity index is 2.02. The monoisotopic (exact) mass is 245 g/mol. The first-order valence-electron chi connectivity index (χ1n) is 5.78. The van der Waals surface area contributed by atoms with Gasteiger partial charge in [-0.1, -0.05) is 12.1 Å². The molecule has 5 nitrogen and oxygen atoms in total. The molecule has 0 aliphatic heterocycles. The van der Waals surface area contributed by atoms with Gasteiger partial charge in [0.05, 0.1) is 25.0 Å². The molecule has 2 aromatic rings. The topological polar surface area (TPSA) is 67.0 Å². The lowest BCUT2D eigenvalue weighted by atomic mass is 10.2. The van der Waals surface area contributed by atoms with E-state index in [1.165, 1.54) is 0 Å². The second-order valence-electron chi connectivity index (χ2n) is 3.73. The molecule has 0 atom stereocenters. The molecule has 5 heteroatoms. The normalized spacial score (nSPS) is 10.1. The maximum atomic E-state index is 11.8. The van der Waals surface area contributed by atoms with E-state index in [0.717, 1.165) is 5.69 Å². The number of carbonyl (C=O) groups excluding carboxylic acids is 1. The van der Waals surface area contributed by atoms with Crippen molar-refractivity contribution in [3.63, 3.8) is 0 Å². The van der Waals surface area contributed by atoms with Gasteiger partial charge in [-0.2, -0.15) is 0 Å². The number of nitrogens with zero attached hydrogens (tertiary/aromatic N) is 1. The van der Waals surface area contributed by atoms with Crippen molar-refractivity contribution in [3.8, 4) is 5.75 Å². The van der Waals surface area contributed by atoms with Gasteiger partial charge >= 0.3 is 0 Å². The number of hydrogen-bond acceptors (Lipinski definition) is 3. The Bertz CT molecular complexity index is 509. The summed E-state index contributed by atoms with van der Waals surface area (Å²) >= 11 is 0. The van der Waals surface area contributed by atoms with Crippen molar-refractivity contribution in [2.45, 2.75) is 13.3 Å². The number of amides is 1. The summed E-state index contributed by atoms with van der Waals surface area (Å²) in [6, 6.07) is 7.37. The number of nitrogens with one attached hydrogen (secondary N) is 2. The van der Waals surface area contributed by atoms with Crippen molar-refractivity contribution >= 4 is 11.6 Å². The fraction of sp³-hybridized carbons (Fsp3) is 0.231. The van der Waals surface area contributed by atoms with E-state index < -0.39 is 0 Å². The molecule has 0 saturated carbocycles. The molecule has 1 aromatic carbocycles. The number of aromatic amines is 1. The molecule has 1 amide bonds. The van der Waals surface area contributed by atoms with E-state index in [0.29, 0.717) is 18.0 Å². The number of hydrogen-bond donors (Lipinski definition) is 2. The first-order chi connectivity index (χ1) is 8.79. The SMILES string of the molecule is CCOc1ccccc1NC(=O)Cc1cnc[nH]1. The van der Waals surface area contributed by atoms with Crippen LogP contribution in [0.2, 0.25) is 0 Å². The van der Waals surface area contributed by atoms with Crippen LogP contribution in [0.25, 0.3) is 0 Å². The minimum Gasteiger partial charge on any atom is -0.492 e. The summed E-state index contributed by atoms with van der Waals surface area (Å²) in [7, 11) is 0. The van der Waals surface area contributed by atoms with Gasteiger partial charge in [0.25, 0.3) is 0 Å². The van der Waals surface area contributed by atoms with Crippen molar-refractivity contribution in [1.29, 1.82) is 0 Å². The standard InChI is InChI=1S/C13H15N3O2/c1-2-18-12-6-4-3-5-11(12)16-13(17)7-10-8-14-9-15-10/h3-6,8-9H,2,7H2,1H3,(H,14,15)(H,16,17). The summed E-state index contributed by atoms with van der Waals surface area (Å²) < 4.78 is 5.44. The fourth-order valence-electron chi connectivity index (χ4n) is 1.60. The molecule has 18 heavy (non-hydrogen) atoms. The molecule has 0 unspecified atom stereocenters. The van der Waals surface area contributed by atoms with Crippen LogP contribution in [-0.4, -0.2) is 22.5 Å². The number of imidazole rings is 1. The summed E-state index contributed by atoms with van der Waals surface area (Å²) in [5.41, 5.74) is 1.46. The van der Waals surface area contributed by atoms with Gasteiger partial charge in [-0.05, 0) is 19.1 Å². The number of carbonyl (C=O) groups is 1. The largest absolute Gasteiger partial charge is 0.492 e. The molecule has 0 spiro atoms. The molecular weight excluding hydrogens is 230 g/mol. The lowest BCUT2D eigenvalue weighted by Gasteiger charge is -2.10. The molecule has 0 fully saturated rings. The van der Waals surface area contributed by atoms with Gasteiger partial charge in [0.15, 0.2) is 0 Å². The maximum Gasteiger partial charge on any atom is 0.230 e. The Kier molecular flexibility index (Phi) is 3.96. The number of ether oxygens (including phenoxy) is 1. The summed E-state index contributed by atoms with van der Waals surface area (Å²) in [5.74, 6) is 0.573. The van der Waals surface area contributed by atoms with Crippen molar-refractivity contribution in [3.05, 3.63) is 42.5 Å². The van der Waals surface area contributed by atoms with Gasteiger partial charge in [-0.25, -0.2) is 4.98 Å². The molecule has 94 valence electrons. The maximum absolute atomic E-state index is 11.8. The molecule has 0 radical (unpaired) electrons. The number of benzene rings is 1. The molecule has 0 aliphatic rings. The van der Waals surface area contributed by atoms with Crippen LogP contribution in [0.5, 0.6) is 5.75 Å². The molecule has 0 aliphatic carbocycles. The van der Waals surface area contributed by atoms with Crippen LogP contribution < -0.4 is 10.1 Å². The van der Waals surface area contributed by atoms with Crippen molar-refractivity contribution < 1.29 is 9.53 Å². The van der Waals surface area contributed by atoms with Gasteiger partial charge in [-0.3, -0.25) is 4.79 Å². The molecule has 2 rings (SSSR count). The van der Waals surface area contributed by atoms with Crippen LogP contribution in [0, 0.1) is 0 Å². The first kappa shape index (κ1) is 12.2. The quantitative estimate of drug-likeness (QED) is 0.846. The highest BCUT2D eigenvalue weighted by Crippen LogP contribution is 2.23. The van der Waals surface area contributed by atoms with Gasteiger partial charge in [0.1, 0.15) is 5.75 Å². The third-order valence-corrected chi connectivity index (χ3v) is 2.37. The van der Waals surface area contributed by atoms with Gasteiger partial charge < -0.3 is 15.0 Å². The van der Waals surface area contributed by atoms with Crippen LogP contribution in [-0.2, 0) is 11.2 Å².